The van der Waals surface area contributed by atoms with E-state index in [9.17, 15) is 0 Å². The van der Waals surface area contributed by atoms with Crippen molar-refractivity contribution in [1.82, 2.24) is 0 Å². The molecule has 0 amide bonds. The van der Waals surface area contributed by atoms with E-state index in [1.165, 1.54) is 0 Å². The Morgan fingerprint density at radius 1 is 1.00 bits per heavy atom. The molecule has 0 saturated carbocycles. The summed E-state index contributed by atoms with van der Waals surface area (Å²) in [5, 5.41) is 0. The summed E-state index contributed by atoms with van der Waals surface area (Å²) in [4.78, 5) is 0. The fourth-order valence-electron chi connectivity index (χ4n) is 0.329. The van der Waals surface area contributed by atoms with Gasteiger partial charge in [-0.25, -0.2) is 0 Å². The molecule has 0 unspecified atom stereocenters. The van der Waals surface area contributed by atoms with Crippen LogP contribution in [-0.2, 0) is 0 Å². The van der Waals surface area contributed by atoms with Crippen LogP contribution in [0.15, 0.2) is 12.2 Å². The van der Waals surface area contributed by atoms with Crippen molar-refractivity contribution < 1.29 is 0 Å². The van der Waals surface area contributed by atoms with Gasteiger partial charge in [0.05, 0.1) is 0 Å². The van der Waals surface area contributed by atoms with Crippen molar-refractivity contribution in [3.05, 3.63) is 12.2 Å². The highest BCUT2D eigenvalue weighted by Gasteiger charge is 1.71. The van der Waals surface area contributed by atoms with Crippen molar-refractivity contribution in [3.63, 3.8) is 0 Å². The Hall–Kier alpha value is 0.440. The summed E-state index contributed by atoms with van der Waals surface area (Å²) < 4.78 is 0. The molecule has 8 heavy (non-hydrogen) atoms. The van der Waals surface area contributed by atoms with E-state index in [0.29, 0.717) is 0 Å². The second-order valence-corrected chi connectivity index (χ2v) is 3.20. The molecule has 0 bridgehead atoms. The minimum Gasteiger partial charge on any atom is -0.161 e. The van der Waals surface area contributed by atoms with E-state index in [1.54, 1.807) is 0 Å². The van der Waals surface area contributed by atoms with Crippen LogP contribution in [0.4, 0.5) is 0 Å². The topological polar surface area (TPSA) is 0 Å². The first-order valence-electron chi connectivity index (χ1n) is 2.54. The number of hydrogen-bond acceptors (Lipinski definition) is 2. The average molecular weight is 148 g/mol. The molecule has 0 aliphatic heterocycles. The molecule has 0 aromatic heterocycles. The molecule has 0 aliphatic carbocycles. The first-order valence-corrected chi connectivity index (χ1v) is 5.33. The first-order chi connectivity index (χ1) is 3.91. The minimum absolute atomic E-state index is 1.15. The van der Waals surface area contributed by atoms with E-state index in [0.717, 1.165) is 11.5 Å². The highest BCUT2D eigenvalue weighted by Crippen LogP contribution is 1.94. The van der Waals surface area contributed by atoms with Gasteiger partial charge in [-0.1, -0.05) is 12.2 Å². The molecule has 0 aromatic rings. The third-order valence-electron chi connectivity index (χ3n) is 0.692. The van der Waals surface area contributed by atoms with E-state index < -0.39 is 0 Å². The van der Waals surface area contributed by atoms with Crippen molar-refractivity contribution in [1.29, 1.82) is 0 Å². The Kier molecular flexibility index (Phi) is 7.85. The standard InChI is InChI=1S/C6H12S2/c1-7-5-3-4-6-8-2/h3-4H,5-6H2,1-2H3. The van der Waals surface area contributed by atoms with Gasteiger partial charge in [-0.15, -0.1) is 0 Å². The molecule has 0 heterocycles. The van der Waals surface area contributed by atoms with Gasteiger partial charge in [-0.3, -0.25) is 0 Å². The second-order valence-electron chi connectivity index (χ2n) is 1.38. The van der Waals surface area contributed by atoms with Gasteiger partial charge in [0, 0.05) is 11.5 Å². The maximum atomic E-state index is 2.21. The monoisotopic (exact) mass is 148 g/mol. The summed E-state index contributed by atoms with van der Waals surface area (Å²) in [6.45, 7) is 0. The van der Waals surface area contributed by atoms with Crippen LogP contribution in [0.2, 0.25) is 0 Å². The Bertz CT molecular complexity index is 51.5. The van der Waals surface area contributed by atoms with E-state index in [4.69, 9.17) is 0 Å². The van der Waals surface area contributed by atoms with Crippen molar-refractivity contribution in [2.75, 3.05) is 24.0 Å². The van der Waals surface area contributed by atoms with Crippen LogP contribution in [0.1, 0.15) is 0 Å². The maximum absolute atomic E-state index is 2.21. The van der Waals surface area contributed by atoms with Gasteiger partial charge in [0.1, 0.15) is 0 Å². The third-order valence-corrected chi connectivity index (χ3v) is 1.74. The molecule has 0 rings (SSSR count). The highest BCUT2D eigenvalue weighted by atomic mass is 32.2. The second kappa shape index (κ2) is 7.44. The van der Waals surface area contributed by atoms with Crippen molar-refractivity contribution in [2.24, 2.45) is 0 Å². The van der Waals surface area contributed by atoms with Crippen LogP contribution in [-0.4, -0.2) is 24.0 Å². The molecule has 2 heteroatoms. The zero-order valence-electron chi connectivity index (χ0n) is 5.39. The van der Waals surface area contributed by atoms with Crippen LogP contribution in [0.5, 0.6) is 0 Å². The molecule has 0 nitrogen and oxygen atoms in total. The van der Waals surface area contributed by atoms with E-state index >= 15 is 0 Å². The lowest BCUT2D eigenvalue weighted by Gasteiger charge is -1.83. The molecule has 0 spiro atoms. The molecule has 0 saturated heterocycles. The summed E-state index contributed by atoms with van der Waals surface area (Å²) in [6.07, 6.45) is 8.65. The van der Waals surface area contributed by atoms with Crippen LogP contribution in [0, 0.1) is 0 Å². The molecule has 0 N–H and O–H groups in total. The summed E-state index contributed by atoms with van der Waals surface area (Å²) in [7, 11) is 0. The molecule has 0 atom stereocenters. The van der Waals surface area contributed by atoms with Crippen molar-refractivity contribution in [3.8, 4) is 0 Å². The molecular weight excluding hydrogens is 136 g/mol. The smallest absolute Gasteiger partial charge is 0.0110 e. The molecule has 0 aromatic carbocycles. The van der Waals surface area contributed by atoms with Gasteiger partial charge >= 0.3 is 0 Å². The van der Waals surface area contributed by atoms with Crippen LogP contribution >= 0.6 is 23.5 Å². The number of rotatable bonds is 4. The number of hydrogen-bond donors (Lipinski definition) is 0. The van der Waals surface area contributed by atoms with Crippen molar-refractivity contribution in [2.45, 2.75) is 0 Å². The third kappa shape index (κ3) is 6.44. The summed E-state index contributed by atoms with van der Waals surface area (Å²) in [5.74, 6) is 2.31. The lowest BCUT2D eigenvalue weighted by Crippen LogP contribution is -1.69. The summed E-state index contributed by atoms with van der Waals surface area (Å²) >= 11 is 3.71. The van der Waals surface area contributed by atoms with Crippen LogP contribution < -0.4 is 0 Å². The molecule has 48 valence electrons. The van der Waals surface area contributed by atoms with Gasteiger partial charge in [0.15, 0.2) is 0 Å². The average Bonchev–Trinajstić information content (AvgIpc) is 1.81. The minimum atomic E-state index is 1.15. The highest BCUT2D eigenvalue weighted by molar-refractivity contribution is 7.99. The van der Waals surface area contributed by atoms with Gasteiger partial charge < -0.3 is 0 Å². The Labute approximate surface area is 60.1 Å². The van der Waals surface area contributed by atoms with Gasteiger partial charge in [0.25, 0.3) is 0 Å². The summed E-state index contributed by atoms with van der Waals surface area (Å²) in [6, 6.07) is 0. The largest absolute Gasteiger partial charge is 0.161 e. The van der Waals surface area contributed by atoms with Gasteiger partial charge in [0.2, 0.25) is 0 Å². The van der Waals surface area contributed by atoms with E-state index in [-0.39, 0.29) is 0 Å². The lowest BCUT2D eigenvalue weighted by molar-refractivity contribution is 1.67. The van der Waals surface area contributed by atoms with Crippen LogP contribution in [0.25, 0.3) is 0 Å². The normalized spacial score (nSPS) is 10.8. The quantitative estimate of drug-likeness (QED) is 0.561. The van der Waals surface area contributed by atoms with E-state index in [2.05, 4.69) is 24.7 Å². The van der Waals surface area contributed by atoms with E-state index in [1.807, 2.05) is 23.5 Å². The first kappa shape index (κ1) is 8.44. The Morgan fingerprint density at radius 3 is 1.62 bits per heavy atom. The molecule has 0 radical (unpaired) electrons. The Morgan fingerprint density at radius 2 is 1.38 bits per heavy atom. The lowest BCUT2D eigenvalue weighted by atomic mass is 10.6. The SMILES string of the molecule is CSCC=CCSC. The van der Waals surface area contributed by atoms with Crippen molar-refractivity contribution >= 4 is 23.5 Å². The fraction of sp³-hybridized carbons (Fsp3) is 0.667. The maximum Gasteiger partial charge on any atom is 0.0110 e. The molecule has 0 aliphatic rings. The molecular formula is C6H12S2. The predicted octanol–water partition coefficient (Wildman–Crippen LogP) is 2.27. The van der Waals surface area contributed by atoms with Gasteiger partial charge in [-0.2, -0.15) is 23.5 Å². The molecule has 0 fully saturated rings. The Balaban J connectivity index is 2.83. The fourth-order valence-corrected chi connectivity index (χ4v) is 0.986. The number of thioether (sulfide) groups is 2. The zero-order chi connectivity index (χ0) is 6.24. The summed E-state index contributed by atoms with van der Waals surface area (Å²) in [5.41, 5.74) is 0. The van der Waals surface area contributed by atoms with Crippen LogP contribution in [0.3, 0.4) is 0 Å². The zero-order valence-corrected chi connectivity index (χ0v) is 7.02. The predicted molar refractivity (Wildman–Crippen MR) is 45.9 cm³/mol. The van der Waals surface area contributed by atoms with Gasteiger partial charge in [-0.05, 0) is 12.5 Å².